The van der Waals surface area contributed by atoms with Crippen LogP contribution in [0.5, 0.6) is 0 Å². The lowest BCUT2D eigenvalue weighted by Crippen LogP contribution is -1.98. The molecule has 2 rings (SSSR count). The first-order valence-electron chi connectivity index (χ1n) is 3.70. The molecule has 0 amide bonds. The van der Waals surface area contributed by atoms with Crippen LogP contribution in [0.25, 0.3) is 0 Å². The monoisotopic (exact) mass is 120 g/mol. The Kier molecular flexibility index (Phi) is 1.01. The van der Waals surface area contributed by atoms with Crippen LogP contribution in [0.15, 0.2) is 24.3 Å². The Morgan fingerprint density at radius 1 is 1.56 bits per heavy atom. The van der Waals surface area contributed by atoms with E-state index >= 15 is 0 Å². The van der Waals surface area contributed by atoms with Gasteiger partial charge in [0.1, 0.15) is 0 Å². The molecule has 0 heteroatoms. The molecule has 0 aromatic heterocycles. The van der Waals surface area contributed by atoms with E-state index in [4.69, 9.17) is 0 Å². The Balaban J connectivity index is 2.26. The second-order valence-corrected chi connectivity index (χ2v) is 3.22. The fourth-order valence-corrected chi connectivity index (χ4v) is 1.96. The molecule has 0 spiro atoms. The molecule has 1 saturated carbocycles. The molecule has 0 aliphatic heterocycles. The smallest absolute Gasteiger partial charge is 0.0165 e. The van der Waals surface area contributed by atoms with E-state index in [1.807, 2.05) is 0 Å². The lowest BCUT2D eigenvalue weighted by Gasteiger charge is -2.10. The third-order valence-corrected chi connectivity index (χ3v) is 2.52. The fourth-order valence-electron chi connectivity index (χ4n) is 1.96. The number of rotatable bonds is 0. The first-order valence-corrected chi connectivity index (χ1v) is 3.70. The Morgan fingerprint density at radius 3 is 3.11 bits per heavy atom. The van der Waals surface area contributed by atoms with Crippen molar-refractivity contribution in [3.05, 3.63) is 24.3 Å². The van der Waals surface area contributed by atoms with Crippen LogP contribution < -0.4 is 0 Å². The summed E-state index contributed by atoms with van der Waals surface area (Å²) in [4.78, 5) is 0. The van der Waals surface area contributed by atoms with Gasteiger partial charge in [-0.15, -0.1) is 0 Å². The van der Waals surface area contributed by atoms with Crippen molar-refractivity contribution in [3.8, 4) is 0 Å². The molecule has 0 N–H and O–H groups in total. The van der Waals surface area contributed by atoms with Gasteiger partial charge >= 0.3 is 0 Å². The molecule has 0 aromatic rings. The summed E-state index contributed by atoms with van der Waals surface area (Å²) in [6.07, 6.45) is 8.58. The Hall–Kier alpha value is -0.520. The molecule has 1 fully saturated rings. The third kappa shape index (κ3) is 0.735. The zero-order valence-electron chi connectivity index (χ0n) is 5.64. The van der Waals surface area contributed by atoms with Crippen LogP contribution in [0.1, 0.15) is 19.3 Å². The molecule has 0 aromatic carbocycles. The second kappa shape index (κ2) is 1.73. The molecular weight excluding hydrogens is 108 g/mol. The van der Waals surface area contributed by atoms with E-state index in [2.05, 4.69) is 18.7 Å². The van der Waals surface area contributed by atoms with Gasteiger partial charge < -0.3 is 0 Å². The summed E-state index contributed by atoms with van der Waals surface area (Å²) in [6, 6.07) is 0. The minimum absolute atomic E-state index is 0.847. The van der Waals surface area contributed by atoms with Crippen molar-refractivity contribution >= 4 is 0 Å². The van der Waals surface area contributed by atoms with Crippen LogP contribution in [-0.4, -0.2) is 0 Å². The van der Waals surface area contributed by atoms with Gasteiger partial charge in [0.25, 0.3) is 0 Å². The molecule has 0 saturated heterocycles. The van der Waals surface area contributed by atoms with Gasteiger partial charge in [0.15, 0.2) is 0 Å². The highest BCUT2D eigenvalue weighted by atomic mass is 14.3. The van der Waals surface area contributed by atoms with Gasteiger partial charge in [-0.1, -0.05) is 24.3 Å². The molecule has 2 aliphatic carbocycles. The minimum atomic E-state index is 0.847. The van der Waals surface area contributed by atoms with E-state index in [0.29, 0.717) is 0 Å². The van der Waals surface area contributed by atoms with Crippen molar-refractivity contribution in [2.75, 3.05) is 0 Å². The van der Waals surface area contributed by atoms with Crippen molar-refractivity contribution in [3.63, 3.8) is 0 Å². The SMILES string of the molecule is C=C1CC2C=CCC1C2. The lowest BCUT2D eigenvalue weighted by atomic mass is 9.95. The summed E-state index contributed by atoms with van der Waals surface area (Å²) >= 11 is 0. The second-order valence-electron chi connectivity index (χ2n) is 3.22. The van der Waals surface area contributed by atoms with Crippen molar-refractivity contribution < 1.29 is 0 Å². The topological polar surface area (TPSA) is 0 Å². The molecule has 2 bridgehead atoms. The average molecular weight is 120 g/mol. The van der Waals surface area contributed by atoms with Crippen LogP contribution in [0, 0.1) is 11.8 Å². The van der Waals surface area contributed by atoms with E-state index in [1.54, 1.807) is 0 Å². The van der Waals surface area contributed by atoms with E-state index in [0.717, 1.165) is 11.8 Å². The van der Waals surface area contributed by atoms with Gasteiger partial charge in [-0.25, -0.2) is 0 Å². The Bertz CT molecular complexity index is 165. The molecule has 2 aliphatic rings. The summed E-state index contributed by atoms with van der Waals surface area (Å²) in [5.74, 6) is 1.70. The average Bonchev–Trinajstić information content (AvgIpc) is 2.09. The van der Waals surface area contributed by atoms with E-state index < -0.39 is 0 Å². The summed E-state index contributed by atoms with van der Waals surface area (Å²) in [7, 11) is 0. The quantitative estimate of drug-likeness (QED) is 0.431. The maximum atomic E-state index is 4.06. The molecule has 2 atom stereocenters. The highest BCUT2D eigenvalue weighted by Gasteiger charge is 2.27. The number of fused-ring (bicyclic) bond motifs is 2. The van der Waals surface area contributed by atoms with Crippen molar-refractivity contribution in [1.82, 2.24) is 0 Å². The fraction of sp³-hybridized carbons (Fsp3) is 0.556. The largest absolute Gasteiger partial charge is 0.0995 e. The molecule has 0 heterocycles. The number of allylic oxidation sites excluding steroid dienone is 3. The van der Waals surface area contributed by atoms with Gasteiger partial charge in [-0.3, -0.25) is 0 Å². The summed E-state index contributed by atoms with van der Waals surface area (Å²) in [6.45, 7) is 4.06. The van der Waals surface area contributed by atoms with Crippen LogP contribution in [0.4, 0.5) is 0 Å². The third-order valence-electron chi connectivity index (χ3n) is 2.52. The van der Waals surface area contributed by atoms with Gasteiger partial charge in [-0.05, 0) is 31.1 Å². The van der Waals surface area contributed by atoms with Crippen LogP contribution in [-0.2, 0) is 0 Å². The summed E-state index contributed by atoms with van der Waals surface area (Å²) < 4.78 is 0. The molecule has 2 unspecified atom stereocenters. The van der Waals surface area contributed by atoms with Crippen LogP contribution in [0.3, 0.4) is 0 Å². The van der Waals surface area contributed by atoms with Gasteiger partial charge in [0.2, 0.25) is 0 Å². The normalized spacial score (nSPS) is 39.8. The van der Waals surface area contributed by atoms with Crippen molar-refractivity contribution in [2.45, 2.75) is 19.3 Å². The highest BCUT2D eigenvalue weighted by molar-refractivity contribution is 5.17. The van der Waals surface area contributed by atoms with Gasteiger partial charge in [0.05, 0.1) is 0 Å². The van der Waals surface area contributed by atoms with Gasteiger partial charge in [-0.2, -0.15) is 0 Å². The van der Waals surface area contributed by atoms with Crippen molar-refractivity contribution in [1.29, 1.82) is 0 Å². The van der Waals surface area contributed by atoms with Crippen LogP contribution in [0.2, 0.25) is 0 Å². The van der Waals surface area contributed by atoms with E-state index in [9.17, 15) is 0 Å². The number of hydrogen-bond acceptors (Lipinski definition) is 0. The Labute approximate surface area is 56.3 Å². The van der Waals surface area contributed by atoms with Crippen molar-refractivity contribution in [2.24, 2.45) is 11.8 Å². The zero-order chi connectivity index (χ0) is 6.27. The molecule has 0 radical (unpaired) electrons. The van der Waals surface area contributed by atoms with E-state index in [1.165, 1.54) is 24.8 Å². The zero-order valence-corrected chi connectivity index (χ0v) is 5.64. The maximum Gasteiger partial charge on any atom is -0.0165 e. The predicted octanol–water partition coefficient (Wildman–Crippen LogP) is 2.53. The van der Waals surface area contributed by atoms with E-state index in [-0.39, 0.29) is 0 Å². The summed E-state index contributed by atoms with van der Waals surface area (Å²) in [5, 5.41) is 0. The first kappa shape index (κ1) is 5.28. The summed E-state index contributed by atoms with van der Waals surface area (Å²) in [5.41, 5.74) is 1.49. The highest BCUT2D eigenvalue weighted by Crippen LogP contribution is 2.40. The Morgan fingerprint density at radius 2 is 2.44 bits per heavy atom. The molecule has 48 valence electrons. The standard InChI is InChI=1S/C9H12/c1-7-5-8-3-2-4-9(7)6-8/h2-3,8-9H,1,4-6H2. The lowest BCUT2D eigenvalue weighted by molar-refractivity contribution is 0.551. The molecule has 0 nitrogen and oxygen atoms in total. The molecule has 9 heavy (non-hydrogen) atoms. The predicted molar refractivity (Wildman–Crippen MR) is 39.1 cm³/mol. The first-order chi connectivity index (χ1) is 4.36. The van der Waals surface area contributed by atoms with Gasteiger partial charge in [0, 0.05) is 0 Å². The maximum absolute atomic E-state index is 4.06. The minimum Gasteiger partial charge on any atom is -0.0995 e. The van der Waals surface area contributed by atoms with Crippen LogP contribution >= 0.6 is 0 Å². The molecular formula is C9H12. The number of hydrogen-bond donors (Lipinski definition) is 0.